The minimum absolute atomic E-state index is 0.731. The molecule has 0 N–H and O–H groups in total. The van der Waals surface area contributed by atoms with Gasteiger partial charge in [0, 0.05) is 10.8 Å². The molecule has 1 heterocycles. The predicted octanol–water partition coefficient (Wildman–Crippen LogP) is 5.64. The van der Waals surface area contributed by atoms with Gasteiger partial charge in [-0.25, -0.2) is 8.78 Å². The third-order valence-electron chi connectivity index (χ3n) is 3.25. The summed E-state index contributed by atoms with van der Waals surface area (Å²) in [4.78, 5) is 0. The molecule has 0 spiro atoms. The molecule has 5 heteroatoms. The fourth-order valence-corrected chi connectivity index (χ4v) is 4.77. The third kappa shape index (κ3) is 2.06. The van der Waals surface area contributed by atoms with Crippen LogP contribution in [0.25, 0.3) is 20.2 Å². The molecule has 0 amide bonds. The van der Waals surface area contributed by atoms with Crippen molar-refractivity contribution in [3.05, 3.63) is 48.5 Å². The summed E-state index contributed by atoms with van der Waals surface area (Å²) in [6.45, 7) is 0. The molecule has 0 fully saturated rings. The summed E-state index contributed by atoms with van der Waals surface area (Å²) >= 11 is 0. The first-order chi connectivity index (χ1) is 9.50. The lowest BCUT2D eigenvalue weighted by atomic mass is 10.2. The molecular formula is C15H11F4S+. The Morgan fingerprint density at radius 1 is 0.850 bits per heavy atom. The smallest absolute Gasteiger partial charge is 0.203 e. The molecule has 0 bridgehead atoms. The quantitative estimate of drug-likeness (QED) is 0.433. The topological polar surface area (TPSA) is 0 Å². The minimum atomic E-state index is -3.96. The largest absolute Gasteiger partial charge is 0.354 e. The van der Waals surface area contributed by atoms with Crippen LogP contribution in [0.3, 0.4) is 0 Å². The number of thiophene rings is 1. The molecule has 104 valence electrons. The van der Waals surface area contributed by atoms with Crippen molar-refractivity contribution in [3.8, 4) is 0 Å². The van der Waals surface area contributed by atoms with Crippen LogP contribution in [0.2, 0.25) is 0 Å². The molecule has 2 aromatic carbocycles. The van der Waals surface area contributed by atoms with E-state index in [1.165, 1.54) is 0 Å². The van der Waals surface area contributed by atoms with Crippen LogP contribution in [0.1, 0.15) is 0 Å². The van der Waals surface area contributed by atoms with Crippen LogP contribution in [0.5, 0.6) is 0 Å². The van der Waals surface area contributed by atoms with Gasteiger partial charge in [0.2, 0.25) is 0 Å². The maximum atomic E-state index is 13.4. The van der Waals surface area contributed by atoms with E-state index in [0.29, 0.717) is 0 Å². The summed E-state index contributed by atoms with van der Waals surface area (Å²) in [6.07, 6.45) is -3.63. The second-order valence-corrected chi connectivity index (χ2v) is 6.54. The fourth-order valence-electron chi connectivity index (χ4n) is 2.34. The number of fused-ring (bicyclic) bond motifs is 3. The van der Waals surface area contributed by atoms with Crippen LogP contribution >= 0.6 is 10.5 Å². The first kappa shape index (κ1) is 13.4. The van der Waals surface area contributed by atoms with E-state index in [1.54, 1.807) is 24.3 Å². The van der Waals surface area contributed by atoms with Crippen LogP contribution in [-0.2, 0) is 5.75 Å². The molecule has 0 atom stereocenters. The highest BCUT2D eigenvalue weighted by Gasteiger charge is 2.46. The predicted molar refractivity (Wildman–Crippen MR) is 74.9 cm³/mol. The molecule has 0 aliphatic rings. The van der Waals surface area contributed by atoms with Gasteiger partial charge in [0.25, 0.3) is 0 Å². The van der Waals surface area contributed by atoms with E-state index in [9.17, 15) is 17.6 Å². The van der Waals surface area contributed by atoms with E-state index >= 15 is 0 Å². The van der Waals surface area contributed by atoms with Crippen molar-refractivity contribution < 1.29 is 17.6 Å². The fraction of sp³-hybridized carbons (Fsp3) is 0.200. The Bertz CT molecular complexity index is 707. The average Bonchev–Trinajstić information content (AvgIpc) is 2.74. The summed E-state index contributed by atoms with van der Waals surface area (Å²) in [5.74, 6) is -4.80. The van der Waals surface area contributed by atoms with Gasteiger partial charge >= 0.3 is 12.3 Å². The van der Waals surface area contributed by atoms with Crippen molar-refractivity contribution in [2.24, 2.45) is 0 Å². The number of rotatable bonds is 3. The Labute approximate surface area is 115 Å². The van der Waals surface area contributed by atoms with Crippen LogP contribution < -0.4 is 0 Å². The maximum Gasteiger partial charge on any atom is 0.354 e. The number of hydrogen-bond donors (Lipinski definition) is 0. The lowest BCUT2D eigenvalue weighted by Gasteiger charge is -2.10. The Balaban J connectivity index is 2.27. The Kier molecular flexibility index (Phi) is 3.17. The zero-order valence-corrected chi connectivity index (χ0v) is 11.1. The van der Waals surface area contributed by atoms with Crippen molar-refractivity contribution in [3.63, 3.8) is 0 Å². The second-order valence-electron chi connectivity index (χ2n) is 4.59. The highest BCUT2D eigenvalue weighted by molar-refractivity contribution is 7.42. The minimum Gasteiger partial charge on any atom is -0.203 e. The van der Waals surface area contributed by atoms with Crippen molar-refractivity contribution in [1.82, 2.24) is 0 Å². The first-order valence-electron chi connectivity index (χ1n) is 6.06. The molecule has 20 heavy (non-hydrogen) atoms. The second kappa shape index (κ2) is 4.74. The molecule has 0 radical (unpaired) electrons. The summed E-state index contributed by atoms with van der Waals surface area (Å²) in [7, 11) is -0.997. The maximum absolute atomic E-state index is 13.4. The number of alkyl halides is 4. The van der Waals surface area contributed by atoms with Gasteiger partial charge in [-0.1, -0.05) is 24.3 Å². The molecule has 0 saturated heterocycles. The number of benzene rings is 2. The van der Waals surface area contributed by atoms with Gasteiger partial charge in [0.05, 0.1) is 0 Å². The van der Waals surface area contributed by atoms with Gasteiger partial charge in [0.1, 0.15) is 0 Å². The number of hydrogen-bond acceptors (Lipinski definition) is 0. The van der Waals surface area contributed by atoms with E-state index < -0.39 is 28.6 Å². The summed E-state index contributed by atoms with van der Waals surface area (Å²) in [6, 6.07) is 14.4. The Morgan fingerprint density at radius 3 is 1.75 bits per heavy atom. The van der Waals surface area contributed by atoms with E-state index in [4.69, 9.17) is 0 Å². The van der Waals surface area contributed by atoms with Gasteiger partial charge in [-0.3, -0.25) is 0 Å². The third-order valence-corrected chi connectivity index (χ3v) is 5.70. The molecule has 0 saturated carbocycles. The van der Waals surface area contributed by atoms with E-state index in [2.05, 4.69) is 0 Å². The van der Waals surface area contributed by atoms with Crippen molar-refractivity contribution in [2.45, 2.75) is 18.1 Å². The number of halogens is 4. The highest BCUT2D eigenvalue weighted by atomic mass is 32.2. The first-order valence-corrected chi connectivity index (χ1v) is 7.45. The van der Waals surface area contributed by atoms with Gasteiger partial charge in [-0.05, 0) is 34.7 Å². The van der Waals surface area contributed by atoms with Crippen molar-refractivity contribution in [1.29, 1.82) is 0 Å². The van der Waals surface area contributed by atoms with E-state index in [1.807, 2.05) is 24.3 Å². The molecule has 0 nitrogen and oxygen atoms in total. The molecule has 3 aromatic rings. The summed E-state index contributed by atoms with van der Waals surface area (Å²) in [5.41, 5.74) is 0. The highest BCUT2D eigenvalue weighted by Crippen LogP contribution is 2.46. The van der Waals surface area contributed by atoms with Gasteiger partial charge in [-0.2, -0.15) is 8.78 Å². The van der Waals surface area contributed by atoms with Gasteiger partial charge in [-0.15, -0.1) is 0 Å². The molecule has 0 aliphatic heterocycles. The lowest BCUT2D eigenvalue weighted by molar-refractivity contribution is -0.120. The Hall–Kier alpha value is -1.62. The Morgan fingerprint density at radius 2 is 1.30 bits per heavy atom. The van der Waals surface area contributed by atoms with Crippen LogP contribution in [0.4, 0.5) is 17.6 Å². The molecule has 1 aromatic heterocycles. The molecular weight excluding hydrogens is 288 g/mol. The normalized spacial score (nSPS) is 12.7. The van der Waals surface area contributed by atoms with Gasteiger partial charge in [0.15, 0.2) is 15.2 Å². The van der Waals surface area contributed by atoms with Crippen molar-refractivity contribution >= 4 is 30.6 Å². The van der Waals surface area contributed by atoms with Crippen LogP contribution in [-0.4, -0.2) is 12.3 Å². The molecule has 3 rings (SSSR count). The summed E-state index contributed by atoms with van der Waals surface area (Å²) < 4.78 is 53.3. The SMILES string of the molecule is FC(F)C(F)(F)C[s+]1c2ccccc2c2ccccc21. The summed E-state index contributed by atoms with van der Waals surface area (Å²) in [5, 5.41) is 1.74. The van der Waals surface area contributed by atoms with E-state index in [0.717, 1.165) is 20.2 Å². The average molecular weight is 299 g/mol. The van der Waals surface area contributed by atoms with Crippen molar-refractivity contribution in [2.75, 3.05) is 0 Å². The van der Waals surface area contributed by atoms with Crippen LogP contribution in [0.15, 0.2) is 48.5 Å². The zero-order valence-electron chi connectivity index (χ0n) is 10.3. The van der Waals surface area contributed by atoms with Crippen LogP contribution in [0, 0.1) is 0 Å². The molecule has 0 aliphatic carbocycles. The zero-order chi connectivity index (χ0) is 14.3. The standard InChI is InChI=1S/C15H11F4S/c16-14(17)15(18,19)9-20-12-7-3-1-5-10(12)11-6-2-4-8-13(11)20/h1-8,14H,9H2/q+1. The lowest BCUT2D eigenvalue weighted by Crippen LogP contribution is -2.27. The molecule has 0 unspecified atom stereocenters. The monoisotopic (exact) mass is 299 g/mol. The van der Waals surface area contributed by atoms with Gasteiger partial charge < -0.3 is 0 Å². The van der Waals surface area contributed by atoms with E-state index in [-0.39, 0.29) is 0 Å².